The van der Waals surface area contributed by atoms with Gasteiger partial charge >= 0.3 is 5.97 Å². The molecular weight excluding hydrogens is 397 g/mol. The molecule has 1 aromatic heterocycles. The molecule has 156 valence electrons. The van der Waals surface area contributed by atoms with Gasteiger partial charge in [0.25, 0.3) is 0 Å². The van der Waals surface area contributed by atoms with Gasteiger partial charge in [0.2, 0.25) is 0 Å². The summed E-state index contributed by atoms with van der Waals surface area (Å²) in [5.41, 5.74) is 3.38. The van der Waals surface area contributed by atoms with Gasteiger partial charge in [0.1, 0.15) is 17.3 Å². The van der Waals surface area contributed by atoms with Crippen LogP contribution in [0.2, 0.25) is 0 Å². The summed E-state index contributed by atoms with van der Waals surface area (Å²) in [6.45, 7) is 2.54. The summed E-state index contributed by atoms with van der Waals surface area (Å²) in [6, 6.07) is 18.7. The van der Waals surface area contributed by atoms with E-state index in [9.17, 15) is 14.3 Å². The number of carboxylic acid groups (broad SMARTS) is 1. The highest BCUT2D eigenvalue weighted by atomic mass is 19.1. The lowest BCUT2D eigenvalue weighted by atomic mass is 9.99. The fourth-order valence-corrected chi connectivity index (χ4v) is 3.51. The van der Waals surface area contributed by atoms with Crippen molar-refractivity contribution < 1.29 is 23.8 Å². The summed E-state index contributed by atoms with van der Waals surface area (Å²) in [6.07, 6.45) is 0. The van der Waals surface area contributed by atoms with Gasteiger partial charge in [-0.1, -0.05) is 18.2 Å². The predicted molar refractivity (Wildman–Crippen MR) is 117 cm³/mol. The Hall–Kier alpha value is -3.93. The van der Waals surface area contributed by atoms with Crippen LogP contribution in [0.5, 0.6) is 11.5 Å². The third-order valence-corrected chi connectivity index (χ3v) is 4.98. The summed E-state index contributed by atoms with van der Waals surface area (Å²) in [5, 5.41) is 9.88. The van der Waals surface area contributed by atoms with E-state index in [2.05, 4.69) is 4.98 Å². The Bertz CT molecular complexity index is 1270. The van der Waals surface area contributed by atoms with Crippen LogP contribution < -0.4 is 9.47 Å². The normalized spacial score (nSPS) is 10.8. The number of carbonyl (C=O) groups is 1. The van der Waals surface area contributed by atoms with Gasteiger partial charge in [-0.15, -0.1) is 0 Å². The van der Waals surface area contributed by atoms with Crippen LogP contribution in [0.3, 0.4) is 0 Å². The Morgan fingerprint density at radius 2 is 1.74 bits per heavy atom. The van der Waals surface area contributed by atoms with Crippen LogP contribution in [-0.2, 0) is 0 Å². The summed E-state index contributed by atoms with van der Waals surface area (Å²) >= 11 is 0. The number of aromatic nitrogens is 1. The zero-order valence-corrected chi connectivity index (χ0v) is 17.1. The van der Waals surface area contributed by atoms with Crippen molar-refractivity contribution in [1.29, 1.82) is 0 Å². The molecule has 0 saturated heterocycles. The van der Waals surface area contributed by atoms with Crippen molar-refractivity contribution in [3.8, 4) is 33.9 Å². The predicted octanol–water partition coefficient (Wildman–Crippen LogP) is 5.81. The monoisotopic (exact) mass is 417 g/mol. The first-order chi connectivity index (χ1) is 15.0. The number of nitrogens with zero attached hydrogens (tertiary/aromatic N) is 1. The average Bonchev–Trinajstić information content (AvgIpc) is 2.78. The molecule has 0 atom stereocenters. The van der Waals surface area contributed by atoms with Crippen LogP contribution in [0.25, 0.3) is 33.3 Å². The number of pyridine rings is 1. The minimum atomic E-state index is -1.15. The van der Waals surface area contributed by atoms with Gasteiger partial charge < -0.3 is 14.6 Å². The first-order valence-corrected chi connectivity index (χ1v) is 9.75. The SMILES string of the molecule is CCOc1ccc(-c2ccc(-c3cc(C(=O)O)c4cc(F)ccc4n3)c(OC)c2)cc1. The summed E-state index contributed by atoms with van der Waals surface area (Å²) in [4.78, 5) is 16.3. The van der Waals surface area contributed by atoms with Crippen molar-refractivity contribution in [2.75, 3.05) is 13.7 Å². The number of hydrogen-bond acceptors (Lipinski definition) is 4. The van der Waals surface area contributed by atoms with Crippen molar-refractivity contribution in [3.63, 3.8) is 0 Å². The Morgan fingerprint density at radius 3 is 2.42 bits per heavy atom. The number of hydrogen-bond donors (Lipinski definition) is 1. The molecule has 0 saturated carbocycles. The van der Waals surface area contributed by atoms with Gasteiger partial charge in [-0.3, -0.25) is 0 Å². The van der Waals surface area contributed by atoms with Gasteiger partial charge in [-0.05, 0) is 66.6 Å². The molecule has 0 aliphatic carbocycles. The lowest BCUT2D eigenvalue weighted by Gasteiger charge is -2.13. The van der Waals surface area contributed by atoms with E-state index in [1.54, 1.807) is 7.11 Å². The largest absolute Gasteiger partial charge is 0.496 e. The Kier molecular flexibility index (Phi) is 5.54. The molecule has 0 radical (unpaired) electrons. The molecule has 0 aliphatic heterocycles. The number of benzene rings is 3. The number of halogens is 1. The molecule has 0 spiro atoms. The number of aromatic carboxylic acids is 1. The molecule has 5 nitrogen and oxygen atoms in total. The van der Waals surface area contributed by atoms with Gasteiger partial charge in [-0.2, -0.15) is 0 Å². The van der Waals surface area contributed by atoms with Crippen LogP contribution in [0.4, 0.5) is 4.39 Å². The zero-order chi connectivity index (χ0) is 22.0. The van der Waals surface area contributed by atoms with Crippen molar-refractivity contribution in [1.82, 2.24) is 4.98 Å². The van der Waals surface area contributed by atoms with Gasteiger partial charge in [-0.25, -0.2) is 14.2 Å². The average molecular weight is 417 g/mol. The van der Waals surface area contributed by atoms with E-state index in [1.165, 1.54) is 24.3 Å². The molecule has 4 aromatic rings. The standard InChI is InChI=1S/C25H20FNO4/c1-3-31-18-8-4-15(5-9-18)16-6-10-19(24(12-16)30-2)23-14-21(25(28)29)20-13-17(26)7-11-22(20)27-23/h4-14H,3H2,1-2H3,(H,28,29). The van der Waals surface area contributed by atoms with Crippen LogP contribution >= 0.6 is 0 Å². The summed E-state index contributed by atoms with van der Waals surface area (Å²) in [5.74, 6) is -0.310. The second-order valence-electron chi connectivity index (χ2n) is 6.89. The molecule has 0 aliphatic rings. The molecule has 4 rings (SSSR count). The van der Waals surface area contributed by atoms with Crippen molar-refractivity contribution in [2.24, 2.45) is 0 Å². The minimum absolute atomic E-state index is 0.0165. The second-order valence-corrected chi connectivity index (χ2v) is 6.89. The lowest BCUT2D eigenvalue weighted by Crippen LogP contribution is -2.01. The van der Waals surface area contributed by atoms with E-state index in [0.717, 1.165) is 16.9 Å². The first kappa shape index (κ1) is 20.3. The van der Waals surface area contributed by atoms with Gasteiger partial charge in [0, 0.05) is 10.9 Å². The van der Waals surface area contributed by atoms with E-state index in [1.807, 2.05) is 49.4 Å². The number of fused-ring (bicyclic) bond motifs is 1. The molecule has 1 heterocycles. The lowest BCUT2D eigenvalue weighted by molar-refractivity contribution is 0.0699. The minimum Gasteiger partial charge on any atom is -0.496 e. The molecule has 1 N–H and O–H groups in total. The van der Waals surface area contributed by atoms with Crippen LogP contribution in [0, 0.1) is 5.82 Å². The molecule has 0 amide bonds. The molecule has 31 heavy (non-hydrogen) atoms. The van der Waals surface area contributed by atoms with Crippen molar-refractivity contribution in [2.45, 2.75) is 6.92 Å². The van der Waals surface area contributed by atoms with E-state index < -0.39 is 11.8 Å². The molecule has 6 heteroatoms. The molecule has 3 aromatic carbocycles. The maximum Gasteiger partial charge on any atom is 0.336 e. The smallest absolute Gasteiger partial charge is 0.336 e. The third kappa shape index (κ3) is 4.05. The fourth-order valence-electron chi connectivity index (χ4n) is 3.51. The summed E-state index contributed by atoms with van der Waals surface area (Å²) < 4.78 is 24.7. The highest BCUT2D eigenvalue weighted by Crippen LogP contribution is 2.35. The van der Waals surface area contributed by atoms with E-state index in [-0.39, 0.29) is 10.9 Å². The Balaban J connectivity index is 1.80. The molecule has 0 bridgehead atoms. The zero-order valence-electron chi connectivity index (χ0n) is 17.1. The first-order valence-electron chi connectivity index (χ1n) is 9.75. The van der Waals surface area contributed by atoms with Crippen molar-refractivity contribution >= 4 is 16.9 Å². The molecule has 0 fully saturated rings. The van der Waals surface area contributed by atoms with Crippen molar-refractivity contribution in [3.05, 3.63) is 78.1 Å². The van der Waals surface area contributed by atoms with Gasteiger partial charge in [0.15, 0.2) is 0 Å². The van der Waals surface area contributed by atoms with Crippen LogP contribution in [0.1, 0.15) is 17.3 Å². The van der Waals surface area contributed by atoms with E-state index >= 15 is 0 Å². The Morgan fingerprint density at radius 1 is 1.00 bits per heavy atom. The number of methoxy groups -OCH3 is 1. The maximum atomic E-state index is 13.6. The fraction of sp³-hybridized carbons (Fsp3) is 0.120. The number of carboxylic acids is 1. The number of rotatable bonds is 6. The van der Waals surface area contributed by atoms with E-state index in [4.69, 9.17) is 9.47 Å². The Labute approximate surface area is 178 Å². The van der Waals surface area contributed by atoms with Crippen LogP contribution in [-0.4, -0.2) is 29.8 Å². The van der Waals surface area contributed by atoms with Gasteiger partial charge in [0.05, 0.1) is 30.5 Å². The number of ether oxygens (including phenoxy) is 2. The summed E-state index contributed by atoms with van der Waals surface area (Å²) in [7, 11) is 1.55. The second kappa shape index (κ2) is 8.44. The highest BCUT2D eigenvalue weighted by molar-refractivity contribution is 6.04. The maximum absolute atomic E-state index is 13.6. The van der Waals surface area contributed by atoms with E-state index in [0.29, 0.717) is 29.1 Å². The third-order valence-electron chi connectivity index (χ3n) is 4.98. The topological polar surface area (TPSA) is 68.7 Å². The van der Waals surface area contributed by atoms with Crippen LogP contribution in [0.15, 0.2) is 66.7 Å². The molecule has 0 unspecified atom stereocenters. The quantitative estimate of drug-likeness (QED) is 0.429. The highest BCUT2D eigenvalue weighted by Gasteiger charge is 2.16. The molecular formula is C25H20FNO4.